The number of benzene rings is 1. The van der Waals surface area contributed by atoms with Crippen LogP contribution in [0.1, 0.15) is 25.8 Å². The molecular formula is C13H22ClNO. The zero-order valence-corrected chi connectivity index (χ0v) is 10.9. The third-order valence-corrected chi connectivity index (χ3v) is 2.32. The van der Waals surface area contributed by atoms with Crippen molar-refractivity contribution in [2.45, 2.75) is 26.7 Å². The molecular weight excluding hydrogens is 222 g/mol. The molecule has 0 spiro atoms. The first-order valence-corrected chi connectivity index (χ1v) is 5.64. The Labute approximate surface area is 105 Å². The fraction of sp³-hybridized carbons (Fsp3) is 0.538. The normalized spacial score (nSPS) is 10.0. The number of hydrogen-bond donors (Lipinski definition) is 1. The molecule has 0 unspecified atom stereocenters. The molecule has 0 amide bonds. The first kappa shape index (κ1) is 15.3. The van der Waals surface area contributed by atoms with Crippen molar-refractivity contribution in [1.29, 1.82) is 0 Å². The van der Waals surface area contributed by atoms with E-state index in [4.69, 9.17) is 10.5 Å². The van der Waals surface area contributed by atoms with Crippen LogP contribution in [0.2, 0.25) is 0 Å². The van der Waals surface area contributed by atoms with Crippen LogP contribution >= 0.6 is 12.4 Å². The molecule has 92 valence electrons. The maximum Gasteiger partial charge on any atom is 0.119 e. The van der Waals surface area contributed by atoms with Crippen LogP contribution in [0.4, 0.5) is 0 Å². The summed E-state index contributed by atoms with van der Waals surface area (Å²) in [6.45, 7) is 5.91. The second-order valence-electron chi connectivity index (χ2n) is 4.21. The van der Waals surface area contributed by atoms with Crippen molar-refractivity contribution in [2.24, 2.45) is 11.7 Å². The lowest BCUT2D eigenvalue weighted by Gasteiger charge is -2.08. The Morgan fingerprint density at radius 2 is 1.81 bits per heavy atom. The van der Waals surface area contributed by atoms with E-state index in [0.717, 1.165) is 25.2 Å². The van der Waals surface area contributed by atoms with Crippen LogP contribution in [0.15, 0.2) is 24.3 Å². The topological polar surface area (TPSA) is 35.2 Å². The molecule has 0 radical (unpaired) electrons. The van der Waals surface area contributed by atoms with E-state index < -0.39 is 0 Å². The molecule has 3 heteroatoms. The minimum absolute atomic E-state index is 0. The Kier molecular flexibility index (Phi) is 8.04. The van der Waals surface area contributed by atoms with Crippen LogP contribution in [0.25, 0.3) is 0 Å². The van der Waals surface area contributed by atoms with E-state index in [1.54, 1.807) is 0 Å². The van der Waals surface area contributed by atoms with Crippen LogP contribution in [0.3, 0.4) is 0 Å². The molecule has 0 aliphatic heterocycles. The molecule has 0 atom stereocenters. The Hall–Kier alpha value is -0.730. The summed E-state index contributed by atoms with van der Waals surface area (Å²) in [4.78, 5) is 0. The molecule has 1 aromatic rings. The SMILES string of the molecule is CC(C)CCOc1ccc(CCN)cc1.Cl. The number of rotatable bonds is 6. The van der Waals surface area contributed by atoms with Gasteiger partial charge in [-0.15, -0.1) is 12.4 Å². The molecule has 1 rings (SSSR count). The van der Waals surface area contributed by atoms with Crippen LogP contribution in [-0.4, -0.2) is 13.2 Å². The van der Waals surface area contributed by atoms with Crippen molar-refractivity contribution in [3.63, 3.8) is 0 Å². The van der Waals surface area contributed by atoms with Gasteiger partial charge in [0.25, 0.3) is 0 Å². The highest BCUT2D eigenvalue weighted by molar-refractivity contribution is 5.85. The number of nitrogens with two attached hydrogens (primary N) is 1. The van der Waals surface area contributed by atoms with Gasteiger partial charge in [-0.25, -0.2) is 0 Å². The average Bonchev–Trinajstić information content (AvgIpc) is 2.20. The fourth-order valence-corrected chi connectivity index (χ4v) is 1.33. The lowest BCUT2D eigenvalue weighted by Crippen LogP contribution is -2.03. The van der Waals surface area contributed by atoms with Gasteiger partial charge in [-0.2, -0.15) is 0 Å². The summed E-state index contributed by atoms with van der Waals surface area (Å²) in [7, 11) is 0. The van der Waals surface area contributed by atoms with Crippen molar-refractivity contribution in [2.75, 3.05) is 13.2 Å². The molecule has 0 heterocycles. The molecule has 0 bridgehead atoms. The lowest BCUT2D eigenvalue weighted by atomic mass is 10.1. The summed E-state index contributed by atoms with van der Waals surface area (Å²) >= 11 is 0. The van der Waals surface area contributed by atoms with Gasteiger partial charge in [-0.3, -0.25) is 0 Å². The molecule has 0 saturated carbocycles. The maximum atomic E-state index is 5.62. The largest absolute Gasteiger partial charge is 0.494 e. The number of halogens is 1. The van der Waals surface area contributed by atoms with Crippen LogP contribution in [-0.2, 0) is 6.42 Å². The first-order valence-electron chi connectivity index (χ1n) is 5.64. The number of ether oxygens (including phenoxy) is 1. The van der Waals surface area contributed by atoms with Crippen LogP contribution < -0.4 is 10.5 Å². The molecule has 0 aliphatic carbocycles. The summed E-state index contributed by atoms with van der Waals surface area (Å²) < 4.78 is 5.62. The molecule has 16 heavy (non-hydrogen) atoms. The summed E-state index contributed by atoms with van der Waals surface area (Å²) in [5.41, 5.74) is 6.75. The maximum absolute atomic E-state index is 5.62. The highest BCUT2D eigenvalue weighted by atomic mass is 35.5. The molecule has 0 aromatic heterocycles. The Morgan fingerprint density at radius 1 is 1.19 bits per heavy atom. The van der Waals surface area contributed by atoms with Crippen molar-refractivity contribution in [3.05, 3.63) is 29.8 Å². The van der Waals surface area contributed by atoms with Crippen molar-refractivity contribution in [1.82, 2.24) is 0 Å². The number of hydrogen-bond acceptors (Lipinski definition) is 2. The van der Waals surface area contributed by atoms with Crippen molar-refractivity contribution >= 4 is 12.4 Å². The Bertz CT molecular complexity index is 272. The third kappa shape index (κ3) is 5.99. The minimum Gasteiger partial charge on any atom is -0.494 e. The van der Waals surface area contributed by atoms with Gasteiger partial charge < -0.3 is 10.5 Å². The van der Waals surface area contributed by atoms with Crippen LogP contribution in [0, 0.1) is 5.92 Å². The second kappa shape index (κ2) is 8.43. The summed E-state index contributed by atoms with van der Waals surface area (Å²) in [6.07, 6.45) is 2.04. The van der Waals surface area contributed by atoms with Gasteiger partial charge >= 0.3 is 0 Å². The van der Waals surface area contributed by atoms with Crippen molar-refractivity contribution < 1.29 is 4.74 Å². The standard InChI is InChI=1S/C13H21NO.ClH/c1-11(2)8-10-15-13-5-3-12(4-6-13)7-9-14;/h3-6,11H,7-10,14H2,1-2H3;1H. The summed E-state index contributed by atoms with van der Waals surface area (Å²) in [5.74, 6) is 1.65. The van der Waals surface area contributed by atoms with Gasteiger partial charge in [0.1, 0.15) is 5.75 Å². The molecule has 0 fully saturated rings. The van der Waals surface area contributed by atoms with Gasteiger partial charge in [-0.1, -0.05) is 26.0 Å². The average molecular weight is 244 g/mol. The van der Waals surface area contributed by atoms with Gasteiger partial charge in [0.15, 0.2) is 0 Å². The van der Waals surface area contributed by atoms with E-state index in [-0.39, 0.29) is 12.4 Å². The molecule has 0 aliphatic rings. The van der Waals surface area contributed by atoms with E-state index in [1.165, 1.54) is 5.56 Å². The zero-order chi connectivity index (χ0) is 11.1. The predicted molar refractivity (Wildman–Crippen MR) is 71.4 cm³/mol. The highest BCUT2D eigenvalue weighted by Gasteiger charge is 1.97. The zero-order valence-electron chi connectivity index (χ0n) is 10.1. The lowest BCUT2D eigenvalue weighted by molar-refractivity contribution is 0.289. The molecule has 0 saturated heterocycles. The molecule has 1 aromatic carbocycles. The minimum atomic E-state index is 0. The highest BCUT2D eigenvalue weighted by Crippen LogP contribution is 2.13. The summed E-state index contributed by atoms with van der Waals surface area (Å²) in [5, 5.41) is 0. The van der Waals surface area contributed by atoms with E-state index >= 15 is 0 Å². The first-order chi connectivity index (χ1) is 7.22. The van der Waals surface area contributed by atoms with Gasteiger partial charge in [0.2, 0.25) is 0 Å². The predicted octanol–water partition coefficient (Wildman–Crippen LogP) is 3.03. The smallest absolute Gasteiger partial charge is 0.119 e. The fourth-order valence-electron chi connectivity index (χ4n) is 1.33. The third-order valence-electron chi connectivity index (χ3n) is 2.32. The Balaban J connectivity index is 0.00000225. The second-order valence-corrected chi connectivity index (χ2v) is 4.21. The quantitative estimate of drug-likeness (QED) is 0.834. The van der Waals surface area contributed by atoms with Gasteiger partial charge in [-0.05, 0) is 43.0 Å². The van der Waals surface area contributed by atoms with Crippen LogP contribution in [0.5, 0.6) is 5.75 Å². The van der Waals surface area contributed by atoms with E-state index in [2.05, 4.69) is 26.0 Å². The summed E-state index contributed by atoms with van der Waals surface area (Å²) in [6, 6.07) is 8.20. The Morgan fingerprint density at radius 3 is 2.31 bits per heavy atom. The van der Waals surface area contributed by atoms with E-state index in [0.29, 0.717) is 12.5 Å². The van der Waals surface area contributed by atoms with Gasteiger partial charge in [0.05, 0.1) is 6.61 Å². The monoisotopic (exact) mass is 243 g/mol. The van der Waals surface area contributed by atoms with E-state index in [1.807, 2.05) is 12.1 Å². The van der Waals surface area contributed by atoms with Crippen molar-refractivity contribution in [3.8, 4) is 5.75 Å². The van der Waals surface area contributed by atoms with E-state index in [9.17, 15) is 0 Å². The molecule has 2 N–H and O–H groups in total. The molecule has 2 nitrogen and oxygen atoms in total. The van der Waals surface area contributed by atoms with Gasteiger partial charge in [0, 0.05) is 0 Å².